The van der Waals surface area contributed by atoms with Crippen molar-refractivity contribution in [3.8, 4) is 0 Å². The van der Waals surface area contributed by atoms with Crippen molar-refractivity contribution < 1.29 is 89.4 Å². The highest BCUT2D eigenvalue weighted by Crippen LogP contribution is 2.33. The molecule has 3 aliphatic heterocycles. The van der Waals surface area contributed by atoms with Gasteiger partial charge < -0.3 is 89.9 Å². The van der Waals surface area contributed by atoms with Crippen LogP contribution >= 0.6 is 0 Å². The molecule has 17 unspecified atom stereocenters. The van der Waals surface area contributed by atoms with E-state index < -0.39 is 124 Å². The van der Waals surface area contributed by atoms with Crippen molar-refractivity contribution in [3.63, 3.8) is 0 Å². The van der Waals surface area contributed by atoms with Crippen LogP contribution in [0.3, 0.4) is 0 Å². The standard InChI is InChI=1S/C50H93NO18/c1-3-5-7-9-11-13-15-16-18-19-21-23-25-27-34(55)33(51-38(56)28-26-24-22-20-17-14-12-10-8-6-4-2)32-64-48-44(62)41(59)46(36(30-53)66-48)69-50-45(63)42(60)47(37(31-54)67-50)68-49-43(61)40(58)39(57)35(29-52)65-49/h25,27,33-37,39-50,52-55,57-63H,3-24,26,28-32H2,1-2H3,(H,51,56)/b27-25+. The maximum absolute atomic E-state index is 13.2. The average molecular weight is 996 g/mol. The molecule has 3 aliphatic rings. The average Bonchev–Trinajstić information content (AvgIpc) is 3.34. The van der Waals surface area contributed by atoms with E-state index in [-0.39, 0.29) is 18.9 Å². The third-order valence-electron chi connectivity index (χ3n) is 13.6. The van der Waals surface area contributed by atoms with E-state index in [9.17, 15) is 61.0 Å². The zero-order chi connectivity index (χ0) is 50.6. The van der Waals surface area contributed by atoms with Crippen molar-refractivity contribution in [3.05, 3.63) is 12.2 Å². The Kier molecular flexibility index (Phi) is 31.9. The summed E-state index contributed by atoms with van der Waals surface area (Å²) in [7, 11) is 0. The van der Waals surface area contributed by atoms with Gasteiger partial charge in [-0.25, -0.2) is 0 Å². The van der Waals surface area contributed by atoms with E-state index in [2.05, 4.69) is 19.2 Å². The summed E-state index contributed by atoms with van der Waals surface area (Å²) < 4.78 is 34.1. The Morgan fingerprint density at radius 3 is 1.36 bits per heavy atom. The Balaban J connectivity index is 1.56. The van der Waals surface area contributed by atoms with Gasteiger partial charge in [0.05, 0.1) is 38.6 Å². The molecule has 3 fully saturated rings. The van der Waals surface area contributed by atoms with Crippen molar-refractivity contribution in [2.75, 3.05) is 26.4 Å². The van der Waals surface area contributed by atoms with Crippen LogP contribution < -0.4 is 5.32 Å². The number of carbonyl (C=O) groups excluding carboxylic acids is 1. The highest BCUT2D eigenvalue weighted by molar-refractivity contribution is 5.76. The highest BCUT2D eigenvalue weighted by Gasteiger charge is 2.53. The first-order valence-electron chi connectivity index (χ1n) is 26.4. The van der Waals surface area contributed by atoms with E-state index in [1.807, 2.05) is 6.08 Å². The number of allylic oxidation sites excluding steroid dienone is 1. The van der Waals surface area contributed by atoms with E-state index >= 15 is 0 Å². The van der Waals surface area contributed by atoms with Gasteiger partial charge in [0.15, 0.2) is 18.9 Å². The van der Waals surface area contributed by atoms with Gasteiger partial charge in [0.25, 0.3) is 0 Å². The molecule has 406 valence electrons. The number of ether oxygens (including phenoxy) is 6. The molecule has 0 saturated carbocycles. The van der Waals surface area contributed by atoms with E-state index in [0.29, 0.717) is 6.42 Å². The first kappa shape index (κ1) is 61.8. The molecule has 3 heterocycles. The Labute approximate surface area is 410 Å². The summed E-state index contributed by atoms with van der Waals surface area (Å²) in [6.45, 7) is 1.67. The van der Waals surface area contributed by atoms with E-state index in [4.69, 9.17) is 28.4 Å². The fraction of sp³-hybridized carbons (Fsp3) is 0.940. The molecule has 3 rings (SSSR count). The van der Waals surface area contributed by atoms with Crippen LogP contribution in [0.25, 0.3) is 0 Å². The van der Waals surface area contributed by atoms with Gasteiger partial charge in [0.1, 0.15) is 73.2 Å². The lowest BCUT2D eigenvalue weighted by Gasteiger charge is -2.48. The zero-order valence-electron chi connectivity index (χ0n) is 41.5. The summed E-state index contributed by atoms with van der Waals surface area (Å²) >= 11 is 0. The first-order valence-corrected chi connectivity index (χ1v) is 26.4. The van der Waals surface area contributed by atoms with Crippen LogP contribution in [0.2, 0.25) is 0 Å². The minimum absolute atomic E-state index is 0.247. The van der Waals surface area contributed by atoms with Gasteiger partial charge in [-0.3, -0.25) is 4.79 Å². The molecule has 12 N–H and O–H groups in total. The SMILES string of the molecule is CCCCCCCCCCCCC/C=C/C(O)C(COC1OC(CO)C(OC2OC(CO)C(OC3OC(CO)C(O)C(O)C3O)C(O)C2O)C(O)C1O)NC(=O)CCCCCCCCCCCCC. The number of hydrogen-bond donors (Lipinski definition) is 12. The molecular formula is C50H93NO18. The number of rotatable bonds is 37. The van der Waals surface area contributed by atoms with Gasteiger partial charge in [0, 0.05) is 6.42 Å². The molecule has 0 radical (unpaired) electrons. The first-order chi connectivity index (χ1) is 33.3. The van der Waals surface area contributed by atoms with Crippen LogP contribution in [0.1, 0.15) is 168 Å². The number of aliphatic hydroxyl groups excluding tert-OH is 11. The van der Waals surface area contributed by atoms with Gasteiger partial charge in [-0.1, -0.05) is 154 Å². The van der Waals surface area contributed by atoms with Crippen LogP contribution in [0.15, 0.2) is 12.2 Å². The lowest BCUT2D eigenvalue weighted by molar-refractivity contribution is -0.379. The Bertz CT molecular complexity index is 1330. The molecule has 1 amide bonds. The van der Waals surface area contributed by atoms with Gasteiger partial charge in [0.2, 0.25) is 5.91 Å². The molecule has 0 aromatic heterocycles. The van der Waals surface area contributed by atoms with Crippen molar-refractivity contribution in [1.82, 2.24) is 5.32 Å². The molecule has 19 heteroatoms. The van der Waals surface area contributed by atoms with Crippen molar-refractivity contribution >= 4 is 5.91 Å². The van der Waals surface area contributed by atoms with Crippen LogP contribution in [0.5, 0.6) is 0 Å². The molecule has 17 atom stereocenters. The van der Waals surface area contributed by atoms with E-state index in [1.54, 1.807) is 6.08 Å². The van der Waals surface area contributed by atoms with Crippen LogP contribution in [-0.4, -0.2) is 193 Å². The molecule has 69 heavy (non-hydrogen) atoms. The van der Waals surface area contributed by atoms with Crippen molar-refractivity contribution in [2.45, 2.75) is 272 Å². The lowest BCUT2D eigenvalue weighted by atomic mass is 9.96. The monoisotopic (exact) mass is 996 g/mol. The Morgan fingerprint density at radius 1 is 0.507 bits per heavy atom. The molecule has 0 aliphatic carbocycles. The smallest absolute Gasteiger partial charge is 0.220 e. The summed E-state index contributed by atoms with van der Waals surface area (Å²) in [5.41, 5.74) is 0. The summed E-state index contributed by atoms with van der Waals surface area (Å²) in [5.74, 6) is -0.278. The van der Waals surface area contributed by atoms with Gasteiger partial charge >= 0.3 is 0 Å². The van der Waals surface area contributed by atoms with Crippen molar-refractivity contribution in [2.24, 2.45) is 0 Å². The fourth-order valence-electron chi connectivity index (χ4n) is 9.13. The fourth-order valence-corrected chi connectivity index (χ4v) is 9.13. The number of amides is 1. The second kappa shape index (κ2) is 35.6. The van der Waals surface area contributed by atoms with Crippen LogP contribution in [0.4, 0.5) is 0 Å². The molecular weight excluding hydrogens is 903 g/mol. The Morgan fingerprint density at radius 2 is 0.899 bits per heavy atom. The Hall–Kier alpha value is -1.47. The van der Waals surface area contributed by atoms with Crippen LogP contribution in [-0.2, 0) is 33.2 Å². The number of unbranched alkanes of at least 4 members (excludes halogenated alkanes) is 21. The summed E-state index contributed by atoms with van der Waals surface area (Å²) in [5, 5.41) is 120. The molecule has 0 aromatic rings. The largest absolute Gasteiger partial charge is 0.394 e. The highest BCUT2D eigenvalue weighted by atomic mass is 16.8. The second-order valence-electron chi connectivity index (χ2n) is 19.3. The number of hydrogen-bond acceptors (Lipinski definition) is 18. The molecule has 3 saturated heterocycles. The quantitative estimate of drug-likeness (QED) is 0.0314. The molecule has 19 nitrogen and oxygen atoms in total. The maximum atomic E-state index is 13.2. The van der Waals surface area contributed by atoms with Gasteiger partial charge in [-0.2, -0.15) is 0 Å². The summed E-state index contributed by atoms with van der Waals surface area (Å²) in [4.78, 5) is 13.2. The molecule has 0 bridgehead atoms. The van der Waals surface area contributed by atoms with E-state index in [1.165, 1.54) is 96.3 Å². The number of carbonyl (C=O) groups is 1. The topological polar surface area (TPSA) is 307 Å². The van der Waals surface area contributed by atoms with Gasteiger partial charge in [-0.15, -0.1) is 0 Å². The molecule has 0 spiro atoms. The summed E-state index contributed by atoms with van der Waals surface area (Å²) in [6.07, 6.45) is 3.57. The lowest BCUT2D eigenvalue weighted by Crippen LogP contribution is -2.66. The van der Waals surface area contributed by atoms with E-state index in [0.717, 1.165) is 44.9 Å². The third kappa shape index (κ3) is 21.5. The minimum Gasteiger partial charge on any atom is -0.394 e. The predicted molar refractivity (Wildman–Crippen MR) is 254 cm³/mol. The number of nitrogens with one attached hydrogen (secondary N) is 1. The normalized spacial score (nSPS) is 32.9. The van der Waals surface area contributed by atoms with Gasteiger partial charge in [-0.05, 0) is 19.3 Å². The van der Waals surface area contributed by atoms with Crippen molar-refractivity contribution in [1.29, 1.82) is 0 Å². The molecule has 0 aromatic carbocycles. The predicted octanol–water partition coefficient (Wildman–Crippen LogP) is 2.26. The second-order valence-corrected chi connectivity index (χ2v) is 19.3. The maximum Gasteiger partial charge on any atom is 0.220 e. The zero-order valence-corrected chi connectivity index (χ0v) is 41.5. The third-order valence-corrected chi connectivity index (χ3v) is 13.6. The van der Waals surface area contributed by atoms with Crippen LogP contribution in [0, 0.1) is 0 Å². The summed E-state index contributed by atoms with van der Waals surface area (Å²) in [6, 6.07) is -0.964. The number of aliphatic hydroxyl groups is 11. The minimum atomic E-state index is -1.97.